The summed E-state index contributed by atoms with van der Waals surface area (Å²) in [5.74, 6) is 1.85. The molecule has 0 aliphatic heterocycles. The summed E-state index contributed by atoms with van der Waals surface area (Å²) in [6, 6.07) is 9.84. The molecule has 7 heteroatoms. The molecular formula is C34H50N2O4S. The van der Waals surface area contributed by atoms with Gasteiger partial charge in [-0.15, -0.1) is 0 Å². The number of benzene rings is 1. The Kier molecular flexibility index (Phi) is 9.89. The number of hydrogen-bond acceptors (Lipinski definition) is 6. The normalized spacial score (nSPS) is 37.8. The van der Waals surface area contributed by atoms with Crippen LogP contribution in [0.15, 0.2) is 59.5 Å². The van der Waals surface area contributed by atoms with Gasteiger partial charge in [-0.2, -0.15) is 0 Å². The molecular weight excluding hydrogens is 532 g/mol. The van der Waals surface area contributed by atoms with Gasteiger partial charge in [0.25, 0.3) is 0 Å². The van der Waals surface area contributed by atoms with Gasteiger partial charge in [0.2, 0.25) is 0 Å². The maximum atomic E-state index is 12.6. The fourth-order valence-corrected chi connectivity index (χ4v) is 9.55. The molecule has 4 aliphatic rings. The maximum absolute atomic E-state index is 12.6. The number of hydrogen-bond donors (Lipinski definition) is 2. The quantitative estimate of drug-likeness (QED) is 0.0910. The molecule has 1 aromatic carbocycles. The van der Waals surface area contributed by atoms with E-state index < -0.39 is 5.60 Å². The molecule has 3 saturated carbocycles. The highest BCUT2D eigenvalue weighted by Crippen LogP contribution is 2.68. The fraction of sp³-hybridized carbons (Fsp3) is 0.676. The molecule has 1 aromatic rings. The second-order valence-electron chi connectivity index (χ2n) is 13.2. The largest absolute Gasteiger partial charge is 0.446 e. The van der Waals surface area contributed by atoms with Crippen molar-refractivity contribution in [1.82, 2.24) is 10.0 Å². The van der Waals surface area contributed by atoms with Crippen molar-refractivity contribution in [3.8, 4) is 0 Å². The second-order valence-corrected chi connectivity index (χ2v) is 14.1. The Morgan fingerprint density at radius 2 is 1.83 bits per heavy atom. The summed E-state index contributed by atoms with van der Waals surface area (Å²) in [6.07, 6.45) is 18.9. The van der Waals surface area contributed by atoms with Crippen LogP contribution in [0.5, 0.6) is 0 Å². The van der Waals surface area contributed by atoms with Gasteiger partial charge in [-0.1, -0.05) is 63.3 Å². The third-order valence-corrected chi connectivity index (χ3v) is 11.9. The molecule has 0 heterocycles. The van der Waals surface area contributed by atoms with Gasteiger partial charge in [-0.25, -0.2) is 14.6 Å². The van der Waals surface area contributed by atoms with Gasteiger partial charge in [0.15, 0.2) is 0 Å². The smallest absolute Gasteiger partial charge is 0.417 e. The molecule has 2 N–H and O–H groups in total. The van der Waals surface area contributed by atoms with Crippen molar-refractivity contribution in [1.29, 1.82) is 0 Å². The molecule has 0 radical (unpaired) electrons. The zero-order valence-corrected chi connectivity index (χ0v) is 26.2. The number of allylic oxidation sites excluding steroid dienone is 2. The molecule has 0 saturated heterocycles. The minimum Gasteiger partial charge on any atom is -0.446 e. The average molecular weight is 583 g/mol. The van der Waals surface area contributed by atoms with E-state index in [-0.39, 0.29) is 23.0 Å². The van der Waals surface area contributed by atoms with Crippen LogP contribution >= 0.6 is 11.9 Å². The number of fused-ring (bicyclic) bond motifs is 5. The summed E-state index contributed by atoms with van der Waals surface area (Å²) in [5.41, 5.74) is -0.0726. The fourth-order valence-electron chi connectivity index (χ4n) is 9.01. The Morgan fingerprint density at radius 3 is 2.61 bits per heavy atom. The lowest BCUT2D eigenvalue weighted by atomic mass is 9.44. The van der Waals surface area contributed by atoms with E-state index in [1.165, 1.54) is 37.6 Å². The summed E-state index contributed by atoms with van der Waals surface area (Å²) in [6.45, 7) is 9.22. The third kappa shape index (κ3) is 6.15. The zero-order chi connectivity index (χ0) is 28.9. The molecule has 1 amide bonds. The minimum atomic E-state index is -0.397. The molecule has 4 aliphatic carbocycles. The molecule has 41 heavy (non-hydrogen) atoms. The van der Waals surface area contributed by atoms with E-state index in [1.807, 2.05) is 30.3 Å². The van der Waals surface area contributed by atoms with Crippen molar-refractivity contribution in [3.05, 3.63) is 54.6 Å². The molecule has 226 valence electrons. The lowest BCUT2D eigenvalue weighted by Crippen LogP contribution is -2.63. The van der Waals surface area contributed by atoms with E-state index in [4.69, 9.17) is 14.5 Å². The SMILES string of the molecule is CCCNC/C=C/C[C@H]1CCC2C3(OOC)C=CC4CC(OC(=O)NSc5ccccc5)CCC4(C)C3CCC21C. The molecule has 0 spiro atoms. The lowest BCUT2D eigenvalue weighted by Gasteiger charge is -2.62. The Bertz CT molecular complexity index is 1080. The van der Waals surface area contributed by atoms with Gasteiger partial charge in [0, 0.05) is 23.3 Å². The number of amides is 1. The van der Waals surface area contributed by atoms with Crippen molar-refractivity contribution < 1.29 is 19.3 Å². The van der Waals surface area contributed by atoms with E-state index in [1.54, 1.807) is 7.11 Å². The highest BCUT2D eigenvalue weighted by molar-refractivity contribution is 7.98. The van der Waals surface area contributed by atoms with Crippen LogP contribution in [-0.2, 0) is 14.5 Å². The first-order valence-corrected chi connectivity index (χ1v) is 16.6. The van der Waals surface area contributed by atoms with Crippen molar-refractivity contribution >= 4 is 18.0 Å². The van der Waals surface area contributed by atoms with Crippen LogP contribution in [0.25, 0.3) is 0 Å². The van der Waals surface area contributed by atoms with Crippen molar-refractivity contribution in [2.45, 2.75) is 95.2 Å². The third-order valence-electron chi connectivity index (χ3n) is 11.1. The molecule has 0 bridgehead atoms. The van der Waals surface area contributed by atoms with Crippen molar-refractivity contribution in [2.24, 2.45) is 34.5 Å². The Labute approximate surface area is 251 Å². The van der Waals surface area contributed by atoms with Gasteiger partial charge in [-0.05, 0) is 111 Å². The summed E-state index contributed by atoms with van der Waals surface area (Å²) >= 11 is 1.30. The Balaban J connectivity index is 1.26. The molecule has 3 fully saturated rings. The van der Waals surface area contributed by atoms with Crippen molar-refractivity contribution in [3.63, 3.8) is 0 Å². The first-order valence-electron chi connectivity index (χ1n) is 15.8. The first-order chi connectivity index (χ1) is 19.9. The highest BCUT2D eigenvalue weighted by Gasteiger charge is 2.67. The number of carbonyl (C=O) groups is 1. The average Bonchev–Trinajstić information content (AvgIpc) is 3.31. The number of rotatable bonds is 11. The number of carbonyl (C=O) groups excluding carboxylic acids is 1. The highest BCUT2D eigenvalue weighted by atomic mass is 32.2. The number of ether oxygens (including phenoxy) is 1. The Hall–Kier alpha value is -1.80. The van der Waals surface area contributed by atoms with E-state index in [0.717, 1.165) is 50.1 Å². The van der Waals surface area contributed by atoms with Crippen LogP contribution < -0.4 is 10.0 Å². The van der Waals surface area contributed by atoms with Gasteiger partial charge in [-0.3, -0.25) is 4.72 Å². The molecule has 7 unspecified atom stereocenters. The molecule has 6 nitrogen and oxygen atoms in total. The minimum absolute atomic E-state index is 0.0757. The van der Waals surface area contributed by atoms with Crippen LogP contribution in [0.3, 0.4) is 0 Å². The monoisotopic (exact) mass is 582 g/mol. The topological polar surface area (TPSA) is 68.8 Å². The van der Waals surface area contributed by atoms with Crippen molar-refractivity contribution in [2.75, 3.05) is 20.2 Å². The number of nitrogens with one attached hydrogen (secondary N) is 2. The standard InChI is InChI=1S/C34H50N2O4S/c1-5-22-35-23-10-9-11-25-14-15-29-32(25,2)20-18-30-33(3)19-17-27(24-26(33)16-21-34(29,30)40-38-4)39-31(37)36-41-28-12-7-6-8-13-28/h6-10,12-13,16,21,25-27,29-30,35H,5,11,14-15,17-20,22-24H2,1-4H3,(H,36,37)/b10-9+/t25-,26?,27?,29?,30?,32?,33?,34?/m0/s1. The van der Waals surface area contributed by atoms with E-state index >= 15 is 0 Å². The summed E-state index contributed by atoms with van der Waals surface area (Å²) in [7, 11) is 1.68. The first kappa shape index (κ1) is 30.7. The molecule has 0 aromatic heterocycles. The Morgan fingerprint density at radius 1 is 1.05 bits per heavy atom. The van der Waals surface area contributed by atoms with E-state index in [9.17, 15) is 4.79 Å². The van der Waals surface area contributed by atoms with Gasteiger partial charge in [0.05, 0.1) is 7.11 Å². The van der Waals surface area contributed by atoms with Crippen LogP contribution in [0, 0.1) is 34.5 Å². The van der Waals surface area contributed by atoms with E-state index in [2.05, 4.69) is 55.1 Å². The van der Waals surface area contributed by atoms with Crippen LogP contribution in [0.1, 0.15) is 78.6 Å². The second kappa shape index (κ2) is 13.2. The molecule has 8 atom stereocenters. The summed E-state index contributed by atoms with van der Waals surface area (Å²) in [4.78, 5) is 25.6. The summed E-state index contributed by atoms with van der Waals surface area (Å²) in [5, 5.41) is 3.48. The lowest BCUT2D eigenvalue weighted by molar-refractivity contribution is -0.381. The van der Waals surface area contributed by atoms with Gasteiger partial charge < -0.3 is 10.1 Å². The van der Waals surface area contributed by atoms with Crippen LogP contribution in [0.2, 0.25) is 0 Å². The van der Waals surface area contributed by atoms with Gasteiger partial charge in [0.1, 0.15) is 11.7 Å². The zero-order valence-electron chi connectivity index (χ0n) is 25.4. The van der Waals surface area contributed by atoms with Crippen LogP contribution in [-0.4, -0.2) is 38.0 Å². The molecule has 5 rings (SSSR count). The van der Waals surface area contributed by atoms with E-state index in [0.29, 0.717) is 23.7 Å². The predicted molar refractivity (Wildman–Crippen MR) is 165 cm³/mol. The maximum Gasteiger partial charge on any atom is 0.417 e. The predicted octanol–water partition coefficient (Wildman–Crippen LogP) is 7.87. The van der Waals surface area contributed by atoms with Crippen LogP contribution in [0.4, 0.5) is 4.79 Å². The summed E-state index contributed by atoms with van der Waals surface area (Å²) < 4.78 is 8.76. The van der Waals surface area contributed by atoms with Gasteiger partial charge >= 0.3 is 6.09 Å².